The van der Waals surface area contributed by atoms with E-state index in [0.717, 1.165) is 32.1 Å². The van der Waals surface area contributed by atoms with Gasteiger partial charge in [0, 0.05) is 21.8 Å². The summed E-state index contributed by atoms with van der Waals surface area (Å²) < 4.78 is 34.9. The molecule has 0 aliphatic rings. The second-order valence-corrected chi connectivity index (χ2v) is 12.3. The molecular formula is C27H53O7PS. The van der Waals surface area contributed by atoms with E-state index in [1.807, 2.05) is 0 Å². The SMILES string of the molecule is CCCCCCCCCCCS(=O)C(CCCCCCCC)CCOC(CC)OC(O)(P=O)C(=O)O. The van der Waals surface area contributed by atoms with E-state index in [0.29, 0.717) is 12.2 Å². The van der Waals surface area contributed by atoms with Gasteiger partial charge in [-0.3, -0.25) is 8.77 Å². The fourth-order valence-corrected chi connectivity index (χ4v) is 5.99. The minimum Gasteiger partial charge on any atom is -0.477 e. The molecule has 0 saturated carbocycles. The van der Waals surface area contributed by atoms with Crippen LogP contribution >= 0.6 is 8.46 Å². The highest BCUT2D eigenvalue weighted by atomic mass is 32.2. The summed E-state index contributed by atoms with van der Waals surface area (Å²) in [7, 11) is -1.99. The number of hydrogen-bond acceptors (Lipinski definition) is 6. The molecule has 0 aromatic carbocycles. The summed E-state index contributed by atoms with van der Waals surface area (Å²) in [6.45, 7) is 6.40. The summed E-state index contributed by atoms with van der Waals surface area (Å²) in [6.07, 6.45) is 18.9. The Kier molecular flexibility index (Phi) is 23.4. The quantitative estimate of drug-likeness (QED) is 0.0614. The largest absolute Gasteiger partial charge is 0.477 e. The normalized spacial score (nSPS) is 16.0. The topological polar surface area (TPSA) is 110 Å². The van der Waals surface area contributed by atoms with Gasteiger partial charge < -0.3 is 19.7 Å². The first-order valence-corrected chi connectivity index (χ1v) is 16.5. The van der Waals surface area contributed by atoms with E-state index in [4.69, 9.17) is 14.6 Å². The molecule has 4 atom stereocenters. The Morgan fingerprint density at radius 3 is 1.81 bits per heavy atom. The molecule has 36 heavy (non-hydrogen) atoms. The van der Waals surface area contributed by atoms with Crippen molar-refractivity contribution in [1.82, 2.24) is 0 Å². The molecule has 0 aliphatic carbocycles. The van der Waals surface area contributed by atoms with Gasteiger partial charge in [0.05, 0.1) is 6.61 Å². The van der Waals surface area contributed by atoms with Gasteiger partial charge in [0.2, 0.25) is 8.46 Å². The van der Waals surface area contributed by atoms with E-state index in [1.54, 1.807) is 6.92 Å². The van der Waals surface area contributed by atoms with Crippen LogP contribution in [0.5, 0.6) is 0 Å². The van der Waals surface area contributed by atoms with Crippen molar-refractivity contribution < 1.29 is 33.3 Å². The summed E-state index contributed by atoms with van der Waals surface area (Å²) in [4.78, 5) is 11.1. The molecule has 0 fully saturated rings. The minimum atomic E-state index is -2.82. The number of carboxylic acids is 1. The van der Waals surface area contributed by atoms with Crippen LogP contribution < -0.4 is 0 Å². The summed E-state index contributed by atoms with van der Waals surface area (Å²) >= 11 is 0. The summed E-state index contributed by atoms with van der Waals surface area (Å²) in [5.41, 5.74) is -2.82. The molecule has 0 aromatic heterocycles. The predicted molar refractivity (Wildman–Crippen MR) is 148 cm³/mol. The zero-order valence-corrected chi connectivity index (χ0v) is 24.8. The molecule has 9 heteroatoms. The first-order valence-electron chi connectivity index (χ1n) is 14.3. The lowest BCUT2D eigenvalue weighted by Gasteiger charge is -2.24. The molecule has 0 aliphatic heterocycles. The molecule has 0 bridgehead atoms. The lowest BCUT2D eigenvalue weighted by atomic mass is 10.1. The highest BCUT2D eigenvalue weighted by molar-refractivity contribution is 7.85. The van der Waals surface area contributed by atoms with Crippen LogP contribution in [-0.2, 0) is 29.6 Å². The Hall–Kier alpha value is -0.400. The lowest BCUT2D eigenvalue weighted by Crippen LogP contribution is -2.40. The van der Waals surface area contributed by atoms with Crippen LogP contribution in [0.3, 0.4) is 0 Å². The summed E-state index contributed by atoms with van der Waals surface area (Å²) in [5, 5.41) is 18.9. The summed E-state index contributed by atoms with van der Waals surface area (Å²) in [5.74, 6) is -1.03. The predicted octanol–water partition coefficient (Wildman–Crippen LogP) is 7.57. The molecule has 0 radical (unpaired) electrons. The van der Waals surface area contributed by atoms with Gasteiger partial charge in [-0.2, -0.15) is 0 Å². The maximum atomic E-state index is 13.1. The van der Waals surface area contributed by atoms with Crippen molar-refractivity contribution in [2.45, 2.75) is 153 Å². The average molecular weight is 553 g/mol. The third-order valence-corrected chi connectivity index (χ3v) is 8.93. The maximum Gasteiger partial charge on any atom is 0.377 e. The molecule has 0 heterocycles. The van der Waals surface area contributed by atoms with Crippen LogP contribution in [0.25, 0.3) is 0 Å². The number of unbranched alkanes of at least 4 members (excludes halogenated alkanes) is 13. The molecule has 0 rings (SSSR count). The van der Waals surface area contributed by atoms with Crippen LogP contribution in [0, 0.1) is 0 Å². The number of ether oxygens (including phenoxy) is 2. The second kappa shape index (κ2) is 23.7. The number of rotatable bonds is 27. The van der Waals surface area contributed by atoms with E-state index >= 15 is 0 Å². The Labute approximate surface area is 224 Å². The van der Waals surface area contributed by atoms with Crippen LogP contribution in [-0.4, -0.2) is 49.8 Å². The van der Waals surface area contributed by atoms with Crippen molar-refractivity contribution in [3.8, 4) is 0 Å². The van der Waals surface area contributed by atoms with E-state index in [1.165, 1.54) is 70.6 Å². The van der Waals surface area contributed by atoms with Gasteiger partial charge >= 0.3 is 11.5 Å². The van der Waals surface area contributed by atoms with Crippen LogP contribution in [0.4, 0.5) is 0 Å². The molecular weight excluding hydrogens is 499 g/mol. The molecule has 4 unspecified atom stereocenters. The summed E-state index contributed by atoms with van der Waals surface area (Å²) in [6, 6.07) is 0. The zero-order chi connectivity index (χ0) is 27.1. The highest BCUT2D eigenvalue weighted by Crippen LogP contribution is 2.25. The Morgan fingerprint density at radius 1 is 0.833 bits per heavy atom. The Morgan fingerprint density at radius 2 is 1.33 bits per heavy atom. The van der Waals surface area contributed by atoms with Crippen molar-refractivity contribution in [3.63, 3.8) is 0 Å². The van der Waals surface area contributed by atoms with E-state index < -0.39 is 37.0 Å². The van der Waals surface area contributed by atoms with Crippen molar-refractivity contribution >= 4 is 25.2 Å². The van der Waals surface area contributed by atoms with Crippen LogP contribution in [0.2, 0.25) is 0 Å². The number of carboxylic acid groups (broad SMARTS) is 1. The third-order valence-electron chi connectivity index (χ3n) is 6.48. The van der Waals surface area contributed by atoms with Crippen LogP contribution in [0.1, 0.15) is 136 Å². The van der Waals surface area contributed by atoms with Gasteiger partial charge in [-0.15, -0.1) is 0 Å². The van der Waals surface area contributed by atoms with Gasteiger partial charge in [-0.25, -0.2) is 4.79 Å². The first-order chi connectivity index (χ1) is 17.3. The number of carbonyl (C=O) groups is 1. The fraction of sp³-hybridized carbons (Fsp3) is 0.963. The second-order valence-electron chi connectivity index (χ2n) is 9.71. The van der Waals surface area contributed by atoms with Gasteiger partial charge in [-0.05, 0) is 25.7 Å². The highest BCUT2D eigenvalue weighted by Gasteiger charge is 2.41. The molecule has 0 spiro atoms. The van der Waals surface area contributed by atoms with Crippen LogP contribution in [0.15, 0.2) is 0 Å². The maximum absolute atomic E-state index is 13.1. The first kappa shape index (κ1) is 35.6. The monoisotopic (exact) mass is 552 g/mol. The van der Waals surface area contributed by atoms with E-state index in [9.17, 15) is 18.7 Å². The molecule has 7 nitrogen and oxygen atoms in total. The van der Waals surface area contributed by atoms with Gasteiger partial charge in [0.1, 0.15) is 0 Å². The third kappa shape index (κ3) is 18.0. The number of aliphatic hydroxyl groups is 1. The zero-order valence-electron chi connectivity index (χ0n) is 23.1. The van der Waals surface area contributed by atoms with Crippen molar-refractivity contribution in [3.05, 3.63) is 0 Å². The van der Waals surface area contributed by atoms with Crippen molar-refractivity contribution in [1.29, 1.82) is 0 Å². The Bertz CT molecular complexity index is 578. The average Bonchev–Trinajstić information content (AvgIpc) is 2.87. The van der Waals surface area contributed by atoms with E-state index in [2.05, 4.69) is 13.8 Å². The smallest absolute Gasteiger partial charge is 0.377 e. The van der Waals surface area contributed by atoms with Gasteiger partial charge in [-0.1, -0.05) is 111 Å². The molecule has 214 valence electrons. The van der Waals surface area contributed by atoms with Gasteiger partial charge in [0.15, 0.2) is 6.29 Å². The van der Waals surface area contributed by atoms with Gasteiger partial charge in [0.25, 0.3) is 0 Å². The van der Waals surface area contributed by atoms with Crippen molar-refractivity contribution in [2.75, 3.05) is 12.4 Å². The fourth-order valence-electron chi connectivity index (χ4n) is 4.14. The lowest BCUT2D eigenvalue weighted by molar-refractivity contribution is -0.252. The van der Waals surface area contributed by atoms with Crippen molar-refractivity contribution in [2.24, 2.45) is 0 Å². The standard InChI is InChI=1S/C27H53O7PS/c1-4-7-9-11-13-14-15-17-19-23-36(32)24(20-18-16-12-10-8-5-2)21-22-33-25(6-3)34-27(30,35-31)26(28)29/h24-25,30H,4-23H2,1-3H3,(H,28,29). The minimum absolute atomic E-state index is 0.0266. The van der Waals surface area contributed by atoms with E-state index in [-0.39, 0.29) is 18.3 Å². The molecule has 0 amide bonds. The molecule has 0 saturated heterocycles. The molecule has 0 aromatic rings. The Balaban J connectivity index is 4.56. The number of aliphatic carboxylic acids is 1. The molecule has 2 N–H and O–H groups in total. The number of hydrogen-bond donors (Lipinski definition) is 2.